The molecular weight excluding hydrogens is 388 g/mol. The maximum Gasteiger partial charge on any atom is 0.263 e. The van der Waals surface area contributed by atoms with Crippen LogP contribution in [-0.4, -0.2) is 26.7 Å². The molecule has 1 saturated heterocycles. The quantitative estimate of drug-likeness (QED) is 0.580. The molecule has 1 fully saturated rings. The fourth-order valence-corrected chi connectivity index (χ4v) is 3.90. The summed E-state index contributed by atoms with van der Waals surface area (Å²) in [6.07, 6.45) is 1.68. The molecule has 1 amide bonds. The van der Waals surface area contributed by atoms with Gasteiger partial charge in [-0.05, 0) is 60.9 Å². The fourth-order valence-electron chi connectivity index (χ4n) is 2.87. The summed E-state index contributed by atoms with van der Waals surface area (Å²) in [6, 6.07) is 5.45. The molecule has 9 heteroatoms. The number of thiocarbonyl (C=S) groups is 1. The minimum Gasteiger partial charge on any atom is -0.545 e. The number of hydrogen-bond donors (Lipinski definition) is 1. The van der Waals surface area contributed by atoms with Gasteiger partial charge in [0.1, 0.15) is 4.32 Å². The Kier molecular flexibility index (Phi) is 4.90. The van der Waals surface area contributed by atoms with Crippen LogP contribution in [0.5, 0.6) is 0 Å². The van der Waals surface area contributed by atoms with Crippen LogP contribution in [-0.2, 0) is 4.79 Å². The van der Waals surface area contributed by atoms with Crippen molar-refractivity contribution in [3.63, 3.8) is 0 Å². The van der Waals surface area contributed by atoms with Crippen LogP contribution < -0.4 is 15.5 Å². The number of carboxylic acids is 2. The molecule has 0 aliphatic carbocycles. The zero-order chi connectivity index (χ0) is 19.9. The highest BCUT2D eigenvalue weighted by Crippen LogP contribution is 2.29. The van der Waals surface area contributed by atoms with Crippen LogP contribution in [0.4, 0.5) is 0 Å². The molecule has 1 aromatic heterocycles. The molecule has 2 aromatic rings. The second kappa shape index (κ2) is 7.01. The Labute approximate surface area is 163 Å². The van der Waals surface area contributed by atoms with Crippen molar-refractivity contribution in [1.29, 1.82) is 0 Å². The Morgan fingerprint density at radius 2 is 1.70 bits per heavy atom. The lowest BCUT2D eigenvalue weighted by Crippen LogP contribution is -2.26. The Balaban J connectivity index is 2.14. The number of hydrogen-bond acceptors (Lipinski definition) is 7. The first kappa shape index (κ1) is 18.9. The van der Waals surface area contributed by atoms with Crippen molar-refractivity contribution >= 4 is 52.2 Å². The molecule has 0 bridgehead atoms. The summed E-state index contributed by atoms with van der Waals surface area (Å²) in [5.74, 6) is -3.26. The Morgan fingerprint density at radius 1 is 1.11 bits per heavy atom. The molecule has 0 radical (unpaired) electrons. The molecule has 1 aromatic carbocycles. The number of aromatic carboxylic acids is 2. The SMILES string of the molecule is Cc1cc(/C=C2\SC(=S)NC2=O)c(C)n1-c1cc(C(=O)[O-])cc(C(=O)[O-])c1. The summed E-state index contributed by atoms with van der Waals surface area (Å²) < 4.78 is 2.07. The van der Waals surface area contributed by atoms with E-state index in [1.807, 2.05) is 6.07 Å². The van der Waals surface area contributed by atoms with Gasteiger partial charge in [-0.1, -0.05) is 24.0 Å². The fraction of sp³-hybridized carbons (Fsp3) is 0.111. The Bertz CT molecular complexity index is 1020. The van der Waals surface area contributed by atoms with Gasteiger partial charge >= 0.3 is 0 Å². The summed E-state index contributed by atoms with van der Waals surface area (Å²) >= 11 is 6.12. The number of nitrogens with zero attached hydrogens (tertiary/aromatic N) is 1. The normalized spacial score (nSPS) is 15.3. The number of nitrogens with one attached hydrogen (secondary N) is 1. The molecule has 0 saturated carbocycles. The molecule has 3 rings (SSSR count). The zero-order valence-electron chi connectivity index (χ0n) is 14.2. The minimum absolute atomic E-state index is 0.268. The number of carboxylic acid groups (broad SMARTS) is 2. The van der Waals surface area contributed by atoms with Gasteiger partial charge in [0.2, 0.25) is 0 Å². The highest BCUT2D eigenvalue weighted by Gasteiger charge is 2.23. The van der Waals surface area contributed by atoms with Crippen molar-refractivity contribution < 1.29 is 24.6 Å². The number of carbonyl (C=O) groups is 3. The second-order valence-electron chi connectivity index (χ2n) is 5.86. The maximum atomic E-state index is 11.9. The van der Waals surface area contributed by atoms with E-state index < -0.39 is 11.9 Å². The smallest absolute Gasteiger partial charge is 0.263 e. The van der Waals surface area contributed by atoms with Gasteiger partial charge in [0.05, 0.1) is 16.8 Å². The summed E-state index contributed by atoms with van der Waals surface area (Å²) in [5.41, 5.74) is 1.96. The van der Waals surface area contributed by atoms with Crippen molar-refractivity contribution in [3.8, 4) is 5.69 Å². The standard InChI is InChI=1S/C18H14N2O5S2/c1-8-3-10(7-14-15(21)19-18(26)27-14)9(2)20(8)13-5-11(16(22)23)4-12(6-13)17(24)25/h3-7H,1-2H3,(H,22,23)(H,24,25)(H,19,21,26)/p-2/b14-7-. The monoisotopic (exact) mass is 400 g/mol. The number of rotatable bonds is 4. The first-order chi connectivity index (χ1) is 12.7. The van der Waals surface area contributed by atoms with E-state index in [1.165, 1.54) is 12.1 Å². The van der Waals surface area contributed by atoms with Gasteiger partial charge in [0.15, 0.2) is 0 Å². The molecule has 2 heterocycles. The van der Waals surface area contributed by atoms with E-state index in [2.05, 4.69) is 5.32 Å². The predicted molar refractivity (Wildman–Crippen MR) is 100 cm³/mol. The highest BCUT2D eigenvalue weighted by atomic mass is 32.2. The number of thioether (sulfide) groups is 1. The van der Waals surface area contributed by atoms with Crippen molar-refractivity contribution in [2.75, 3.05) is 0 Å². The number of benzene rings is 1. The van der Waals surface area contributed by atoms with E-state index in [0.717, 1.165) is 29.1 Å². The van der Waals surface area contributed by atoms with Crippen LogP contribution in [0.25, 0.3) is 11.8 Å². The summed E-state index contributed by atoms with van der Waals surface area (Å²) in [4.78, 5) is 34.8. The molecule has 0 spiro atoms. The first-order valence-electron chi connectivity index (χ1n) is 7.69. The van der Waals surface area contributed by atoms with E-state index in [9.17, 15) is 24.6 Å². The highest BCUT2D eigenvalue weighted by molar-refractivity contribution is 8.26. The van der Waals surface area contributed by atoms with Crippen LogP contribution in [0.15, 0.2) is 29.2 Å². The molecule has 0 unspecified atom stereocenters. The van der Waals surface area contributed by atoms with Crippen molar-refractivity contribution in [2.24, 2.45) is 0 Å². The van der Waals surface area contributed by atoms with Crippen LogP contribution in [0, 0.1) is 13.8 Å². The van der Waals surface area contributed by atoms with Gasteiger partial charge in [0.25, 0.3) is 5.91 Å². The van der Waals surface area contributed by atoms with Gasteiger partial charge in [-0.25, -0.2) is 0 Å². The second-order valence-corrected chi connectivity index (χ2v) is 7.58. The number of aryl methyl sites for hydroxylation is 1. The van der Waals surface area contributed by atoms with Gasteiger partial charge < -0.3 is 29.7 Å². The van der Waals surface area contributed by atoms with E-state index in [4.69, 9.17) is 12.2 Å². The number of amides is 1. The Hall–Kier alpha value is -2.91. The lowest BCUT2D eigenvalue weighted by Gasteiger charge is -2.15. The lowest BCUT2D eigenvalue weighted by atomic mass is 10.1. The third-order valence-corrected chi connectivity index (χ3v) is 5.21. The average molecular weight is 400 g/mol. The van der Waals surface area contributed by atoms with Gasteiger partial charge in [0, 0.05) is 17.1 Å². The summed E-state index contributed by atoms with van der Waals surface area (Å²) in [5, 5.41) is 25.0. The molecule has 1 aliphatic heterocycles. The topological polar surface area (TPSA) is 114 Å². The average Bonchev–Trinajstić information content (AvgIpc) is 3.05. The zero-order valence-corrected chi connectivity index (χ0v) is 15.8. The molecule has 27 heavy (non-hydrogen) atoms. The van der Waals surface area contributed by atoms with Gasteiger partial charge in [-0.2, -0.15) is 0 Å². The number of carbonyl (C=O) groups excluding carboxylic acids is 3. The van der Waals surface area contributed by atoms with Crippen LogP contribution >= 0.6 is 24.0 Å². The Morgan fingerprint density at radius 3 is 2.19 bits per heavy atom. The van der Waals surface area contributed by atoms with E-state index >= 15 is 0 Å². The summed E-state index contributed by atoms with van der Waals surface area (Å²) in [7, 11) is 0. The van der Waals surface area contributed by atoms with Gasteiger partial charge in [-0.3, -0.25) is 4.79 Å². The van der Waals surface area contributed by atoms with Crippen LogP contribution in [0.3, 0.4) is 0 Å². The van der Waals surface area contributed by atoms with E-state index in [1.54, 1.807) is 24.5 Å². The summed E-state index contributed by atoms with van der Waals surface area (Å²) in [6.45, 7) is 3.56. The maximum absolute atomic E-state index is 11.9. The van der Waals surface area contributed by atoms with Crippen LogP contribution in [0.1, 0.15) is 37.7 Å². The van der Waals surface area contributed by atoms with Crippen molar-refractivity contribution in [3.05, 3.63) is 57.2 Å². The van der Waals surface area contributed by atoms with E-state index in [0.29, 0.717) is 20.6 Å². The van der Waals surface area contributed by atoms with Crippen molar-refractivity contribution in [2.45, 2.75) is 13.8 Å². The molecular formula is C18H12N2O5S2-2. The molecule has 1 N–H and O–H groups in total. The lowest BCUT2D eigenvalue weighted by molar-refractivity contribution is -0.255. The third-order valence-electron chi connectivity index (χ3n) is 4.05. The minimum atomic E-state index is -1.49. The first-order valence-corrected chi connectivity index (χ1v) is 8.92. The third kappa shape index (κ3) is 3.64. The molecule has 0 atom stereocenters. The number of aromatic nitrogens is 1. The largest absolute Gasteiger partial charge is 0.545 e. The van der Waals surface area contributed by atoms with Crippen molar-refractivity contribution in [1.82, 2.24) is 9.88 Å². The molecule has 1 aliphatic rings. The molecule has 138 valence electrons. The predicted octanol–water partition coefficient (Wildman–Crippen LogP) is 0.310. The van der Waals surface area contributed by atoms with E-state index in [-0.39, 0.29) is 17.0 Å². The molecule has 7 nitrogen and oxygen atoms in total. The van der Waals surface area contributed by atoms with Crippen LogP contribution in [0.2, 0.25) is 0 Å². The van der Waals surface area contributed by atoms with Gasteiger partial charge in [-0.15, -0.1) is 0 Å².